The molecule has 1 fully saturated rings. The van der Waals surface area contributed by atoms with E-state index in [1.807, 2.05) is 18.9 Å². The Bertz CT molecular complexity index is 1400. The highest BCUT2D eigenvalue weighted by Gasteiger charge is 2.38. The first kappa shape index (κ1) is 25.2. The van der Waals surface area contributed by atoms with E-state index in [0.717, 1.165) is 37.0 Å². The first-order valence-corrected chi connectivity index (χ1v) is 13.0. The van der Waals surface area contributed by atoms with Gasteiger partial charge >= 0.3 is 0 Å². The average Bonchev–Trinajstić information content (AvgIpc) is 3.53. The Balaban J connectivity index is 1.55. The Labute approximate surface area is 214 Å². The molecule has 0 saturated heterocycles. The highest BCUT2D eigenvalue weighted by atomic mass is 32.1. The maximum atomic E-state index is 14.1. The fourth-order valence-corrected chi connectivity index (χ4v) is 6.08. The Kier molecular flexibility index (Phi) is 6.69. The van der Waals surface area contributed by atoms with E-state index in [0.29, 0.717) is 31.1 Å². The van der Waals surface area contributed by atoms with Gasteiger partial charge in [-0.25, -0.2) is 13.2 Å². The molecule has 2 aromatic heterocycles. The van der Waals surface area contributed by atoms with E-state index in [9.17, 15) is 27.9 Å². The van der Waals surface area contributed by atoms with Crippen molar-refractivity contribution in [2.24, 2.45) is 5.92 Å². The normalized spacial score (nSPS) is 18.1. The number of aromatic nitrogens is 3. The number of fused-ring (bicyclic) bond motifs is 1. The number of rotatable bonds is 6. The summed E-state index contributed by atoms with van der Waals surface area (Å²) < 4.78 is 43.1. The second-order valence-electron chi connectivity index (χ2n) is 9.43. The molecule has 5 rings (SSSR count). The molecule has 0 radical (unpaired) electrons. The Hall–Kier alpha value is -3.41. The molecule has 1 N–H and O–H groups in total. The summed E-state index contributed by atoms with van der Waals surface area (Å²) in [7, 11) is 0. The predicted molar refractivity (Wildman–Crippen MR) is 132 cm³/mol. The smallest absolute Gasteiger partial charge is 0.278 e. The zero-order valence-electron chi connectivity index (χ0n) is 20.4. The summed E-state index contributed by atoms with van der Waals surface area (Å²) >= 11 is 0.929. The van der Waals surface area contributed by atoms with E-state index in [2.05, 4.69) is 10.2 Å². The summed E-state index contributed by atoms with van der Waals surface area (Å²) in [6.07, 6.45) is 5.29. The summed E-state index contributed by atoms with van der Waals surface area (Å²) in [6, 6.07) is 1.18. The molecule has 1 saturated carbocycles. The molecular formula is C25H26F3N5O3S. The highest BCUT2D eigenvalue weighted by molar-refractivity contribution is 7.14. The van der Waals surface area contributed by atoms with Gasteiger partial charge in [-0.2, -0.15) is 0 Å². The summed E-state index contributed by atoms with van der Waals surface area (Å²) in [6.45, 7) is 4.80. The molecule has 37 heavy (non-hydrogen) atoms. The van der Waals surface area contributed by atoms with Crippen LogP contribution in [0.15, 0.2) is 23.1 Å². The van der Waals surface area contributed by atoms with Crippen LogP contribution in [-0.4, -0.2) is 50.0 Å². The van der Waals surface area contributed by atoms with Crippen molar-refractivity contribution in [2.45, 2.75) is 52.1 Å². The monoisotopic (exact) mass is 533 g/mol. The number of amides is 1. The standard InChI is InChI=1S/C25H26F3N5O3S/c1-3-31-13(2)32(11-14-6-4-5-7-14)33-12-17(22(34)23(35)21(33)25(31)36)24-30-29-20(37-24)10-16-18(27)8-15(26)9-19(16)28/h8-9,12-14,35H,3-7,10-11H2,1-2H3/t13-/m0/s1. The van der Waals surface area contributed by atoms with Gasteiger partial charge in [0.05, 0.1) is 5.56 Å². The number of nitrogens with zero attached hydrogens (tertiary/aromatic N) is 5. The van der Waals surface area contributed by atoms with Crippen LogP contribution in [0.1, 0.15) is 60.6 Å². The number of carbonyl (C=O) groups excluding carboxylic acids is 1. The van der Waals surface area contributed by atoms with Crippen LogP contribution in [0.4, 0.5) is 13.2 Å². The molecule has 1 aromatic carbocycles. The molecule has 8 nitrogen and oxygen atoms in total. The molecule has 0 unspecified atom stereocenters. The summed E-state index contributed by atoms with van der Waals surface area (Å²) in [5.74, 6) is -3.83. The van der Waals surface area contributed by atoms with E-state index in [4.69, 9.17) is 0 Å². The van der Waals surface area contributed by atoms with Gasteiger partial charge in [-0.3, -0.25) is 19.3 Å². The van der Waals surface area contributed by atoms with E-state index in [1.54, 1.807) is 9.58 Å². The van der Waals surface area contributed by atoms with Gasteiger partial charge in [0.25, 0.3) is 5.91 Å². The minimum Gasteiger partial charge on any atom is -0.502 e. The highest BCUT2D eigenvalue weighted by Crippen LogP contribution is 2.32. The number of benzene rings is 1. The molecular weight excluding hydrogens is 507 g/mol. The fraction of sp³-hybridized carbons (Fsp3) is 0.440. The van der Waals surface area contributed by atoms with Gasteiger partial charge in [0.15, 0.2) is 16.5 Å². The van der Waals surface area contributed by atoms with Gasteiger partial charge in [-0.05, 0) is 32.6 Å². The lowest BCUT2D eigenvalue weighted by molar-refractivity contribution is 0.0595. The van der Waals surface area contributed by atoms with Crippen molar-refractivity contribution in [1.29, 1.82) is 0 Å². The van der Waals surface area contributed by atoms with E-state index in [1.165, 1.54) is 6.20 Å². The lowest BCUT2D eigenvalue weighted by atomic mass is 10.1. The molecule has 0 spiro atoms. The van der Waals surface area contributed by atoms with Crippen LogP contribution in [0.3, 0.4) is 0 Å². The van der Waals surface area contributed by atoms with E-state index < -0.39 is 34.5 Å². The topological polar surface area (TPSA) is 91.6 Å². The third-order valence-electron chi connectivity index (χ3n) is 7.18. The quantitative estimate of drug-likeness (QED) is 0.515. The van der Waals surface area contributed by atoms with Crippen molar-refractivity contribution in [3.05, 3.63) is 62.3 Å². The van der Waals surface area contributed by atoms with Crippen molar-refractivity contribution in [2.75, 3.05) is 18.1 Å². The number of carbonyl (C=O) groups is 1. The second-order valence-corrected chi connectivity index (χ2v) is 10.5. The zero-order valence-corrected chi connectivity index (χ0v) is 21.2. The van der Waals surface area contributed by atoms with Gasteiger partial charge < -0.3 is 10.0 Å². The van der Waals surface area contributed by atoms with Crippen molar-refractivity contribution in [1.82, 2.24) is 19.8 Å². The zero-order chi connectivity index (χ0) is 26.4. The molecule has 3 aromatic rings. The Morgan fingerprint density at radius 3 is 2.43 bits per heavy atom. The molecule has 2 aliphatic rings. The number of halogens is 3. The van der Waals surface area contributed by atoms with Gasteiger partial charge in [0.1, 0.15) is 28.6 Å². The largest absolute Gasteiger partial charge is 0.502 e. The first-order valence-electron chi connectivity index (χ1n) is 12.2. The number of hydrogen-bond acceptors (Lipinski definition) is 7. The van der Waals surface area contributed by atoms with Crippen LogP contribution < -0.4 is 10.4 Å². The average molecular weight is 534 g/mol. The van der Waals surface area contributed by atoms with Gasteiger partial charge in [0, 0.05) is 43.4 Å². The minimum absolute atomic E-state index is 0.0198. The Morgan fingerprint density at radius 1 is 1.11 bits per heavy atom. The lowest BCUT2D eigenvalue weighted by Gasteiger charge is -2.45. The number of hydrogen-bond donors (Lipinski definition) is 1. The van der Waals surface area contributed by atoms with Gasteiger partial charge in [-0.15, -0.1) is 10.2 Å². The Morgan fingerprint density at radius 2 is 1.78 bits per heavy atom. The predicted octanol–water partition coefficient (Wildman–Crippen LogP) is 4.03. The molecule has 196 valence electrons. The van der Waals surface area contributed by atoms with Gasteiger partial charge in [0.2, 0.25) is 5.43 Å². The van der Waals surface area contributed by atoms with Crippen LogP contribution in [0.5, 0.6) is 5.75 Å². The van der Waals surface area contributed by atoms with Crippen LogP contribution in [0.25, 0.3) is 10.6 Å². The molecule has 0 bridgehead atoms. The third-order valence-corrected chi connectivity index (χ3v) is 8.14. The third kappa shape index (κ3) is 4.47. The van der Waals surface area contributed by atoms with Crippen LogP contribution in [-0.2, 0) is 6.42 Å². The minimum atomic E-state index is -1.05. The maximum Gasteiger partial charge on any atom is 0.278 e. The maximum absolute atomic E-state index is 14.1. The number of pyridine rings is 1. The van der Waals surface area contributed by atoms with E-state index in [-0.39, 0.29) is 39.4 Å². The van der Waals surface area contributed by atoms with E-state index >= 15 is 0 Å². The summed E-state index contributed by atoms with van der Waals surface area (Å²) in [5, 5.41) is 21.2. The van der Waals surface area contributed by atoms with Gasteiger partial charge in [-0.1, -0.05) is 24.2 Å². The van der Waals surface area contributed by atoms with Crippen LogP contribution in [0.2, 0.25) is 0 Å². The van der Waals surface area contributed by atoms with Crippen molar-refractivity contribution in [3.63, 3.8) is 0 Å². The first-order chi connectivity index (χ1) is 17.7. The van der Waals surface area contributed by atoms with Crippen LogP contribution in [0, 0.1) is 23.4 Å². The molecule has 1 amide bonds. The lowest BCUT2D eigenvalue weighted by Crippen LogP contribution is -2.61. The SMILES string of the molecule is CCN1C(=O)c2c(O)c(=O)c(-c3nnc(Cc4c(F)cc(F)cc4F)s3)cn2N(CC2CCCC2)[C@H]1C. The molecule has 1 aliphatic heterocycles. The number of aromatic hydroxyl groups is 1. The fourth-order valence-electron chi connectivity index (χ4n) is 5.22. The van der Waals surface area contributed by atoms with Crippen molar-refractivity contribution >= 4 is 17.2 Å². The molecule has 1 aliphatic carbocycles. The molecule has 3 heterocycles. The van der Waals surface area contributed by atoms with Crippen molar-refractivity contribution in [3.8, 4) is 16.3 Å². The van der Waals surface area contributed by atoms with Crippen LogP contribution >= 0.6 is 11.3 Å². The molecule has 1 atom stereocenters. The molecule has 12 heteroatoms. The summed E-state index contributed by atoms with van der Waals surface area (Å²) in [4.78, 5) is 28.0. The second kappa shape index (κ2) is 9.81. The summed E-state index contributed by atoms with van der Waals surface area (Å²) in [5.41, 5.74) is -1.23. The van der Waals surface area contributed by atoms with Crippen molar-refractivity contribution < 1.29 is 23.1 Å².